The van der Waals surface area contributed by atoms with Crippen LogP contribution in [0.4, 0.5) is 0 Å². The number of aromatic nitrogens is 2. The maximum atomic E-state index is 12.9. The summed E-state index contributed by atoms with van der Waals surface area (Å²) in [5.41, 5.74) is 2.78. The van der Waals surface area contributed by atoms with Crippen molar-refractivity contribution in [3.8, 4) is 0 Å². The highest BCUT2D eigenvalue weighted by molar-refractivity contribution is 5.92. The monoisotopic (exact) mass is 368 g/mol. The summed E-state index contributed by atoms with van der Waals surface area (Å²) in [7, 11) is 1.76. The average molecular weight is 368 g/mol. The molecule has 2 amide bonds. The smallest absolute Gasteiger partial charge is 0.229 e. The van der Waals surface area contributed by atoms with Crippen molar-refractivity contribution in [1.82, 2.24) is 20.2 Å². The zero-order chi connectivity index (χ0) is 18.8. The molecule has 0 saturated carbocycles. The van der Waals surface area contributed by atoms with Crippen LogP contribution < -0.4 is 5.32 Å². The molecule has 1 aromatic heterocycles. The van der Waals surface area contributed by atoms with E-state index >= 15 is 0 Å². The van der Waals surface area contributed by atoms with E-state index in [1.807, 2.05) is 19.1 Å². The van der Waals surface area contributed by atoms with E-state index in [0.29, 0.717) is 12.4 Å². The molecule has 0 radical (unpaired) electrons. The van der Waals surface area contributed by atoms with Crippen molar-refractivity contribution in [3.63, 3.8) is 0 Å². The van der Waals surface area contributed by atoms with E-state index in [1.54, 1.807) is 11.9 Å². The predicted octanol–water partition coefficient (Wildman–Crippen LogP) is 0.692. The van der Waals surface area contributed by atoms with Crippen LogP contribution in [0.15, 0.2) is 12.2 Å². The van der Waals surface area contributed by atoms with Gasteiger partial charge >= 0.3 is 0 Å². The second kappa shape index (κ2) is 5.86. The van der Waals surface area contributed by atoms with Gasteiger partial charge in [0.25, 0.3) is 0 Å². The number of nitrogens with one attached hydrogen (secondary N) is 1. The summed E-state index contributed by atoms with van der Waals surface area (Å²) in [6, 6.07) is 0. The highest BCUT2D eigenvalue weighted by atomic mass is 16.5. The number of carbonyl (C=O) groups excluding carboxylic acids is 2. The van der Waals surface area contributed by atoms with Gasteiger partial charge in [-0.1, -0.05) is 12.2 Å². The Morgan fingerprint density at radius 1 is 1.37 bits per heavy atom. The van der Waals surface area contributed by atoms with Crippen LogP contribution in [-0.4, -0.2) is 52.0 Å². The Bertz CT molecular complexity index is 867. The van der Waals surface area contributed by atoms with Gasteiger partial charge in [-0.3, -0.25) is 9.59 Å². The van der Waals surface area contributed by atoms with Gasteiger partial charge in [-0.25, -0.2) is 9.97 Å². The molecule has 4 heterocycles. The summed E-state index contributed by atoms with van der Waals surface area (Å²) < 4.78 is 6.04. The number of likely N-dealkylation sites (N-methyl/N-ethyl adjacent to an activating group) is 1. The zero-order valence-corrected chi connectivity index (χ0v) is 15.7. The lowest BCUT2D eigenvalue weighted by Crippen LogP contribution is -2.44. The first-order chi connectivity index (χ1) is 13.0. The molecule has 5 rings (SSSR count). The number of ether oxygens (including phenoxy) is 1. The van der Waals surface area contributed by atoms with Crippen LogP contribution in [0.5, 0.6) is 0 Å². The van der Waals surface area contributed by atoms with E-state index in [0.717, 1.165) is 30.7 Å². The van der Waals surface area contributed by atoms with Crippen molar-refractivity contribution in [3.05, 3.63) is 34.9 Å². The number of nitrogens with zero attached hydrogens (tertiary/aromatic N) is 3. The molecule has 0 aromatic carbocycles. The second-order valence-electron chi connectivity index (χ2n) is 8.17. The molecule has 1 N–H and O–H groups in total. The zero-order valence-electron chi connectivity index (χ0n) is 15.7. The molecule has 1 spiro atoms. The Morgan fingerprint density at radius 3 is 3.04 bits per heavy atom. The molecule has 4 atom stereocenters. The van der Waals surface area contributed by atoms with Crippen molar-refractivity contribution in [2.24, 2.45) is 11.8 Å². The minimum atomic E-state index is -0.628. The van der Waals surface area contributed by atoms with Crippen LogP contribution in [0.25, 0.3) is 0 Å². The van der Waals surface area contributed by atoms with Gasteiger partial charge in [-0.05, 0) is 38.2 Å². The first-order valence-corrected chi connectivity index (χ1v) is 9.74. The molecular weight excluding hydrogens is 344 g/mol. The van der Waals surface area contributed by atoms with E-state index in [2.05, 4.69) is 15.3 Å². The van der Waals surface area contributed by atoms with Gasteiger partial charge in [0.1, 0.15) is 11.4 Å². The summed E-state index contributed by atoms with van der Waals surface area (Å²) in [6.45, 7) is 2.81. The van der Waals surface area contributed by atoms with E-state index in [-0.39, 0.29) is 24.5 Å². The highest BCUT2D eigenvalue weighted by Gasteiger charge is 2.66. The summed E-state index contributed by atoms with van der Waals surface area (Å²) in [4.78, 5) is 36.4. The Hall–Kier alpha value is -2.28. The fourth-order valence-electron chi connectivity index (χ4n) is 5.20. The lowest BCUT2D eigenvalue weighted by atomic mass is 9.77. The van der Waals surface area contributed by atoms with E-state index in [1.165, 1.54) is 12.0 Å². The Labute approximate surface area is 158 Å². The normalized spacial score (nSPS) is 33.3. The number of amides is 2. The SMILES string of the molecule is Cc1nc(CNC(=O)[C@H]2[C@@H]3C=C[C@@]4(CN(C)C(=O)[C@@H]24)O3)nc2c1CCCC2. The summed E-state index contributed by atoms with van der Waals surface area (Å²) in [5, 5.41) is 2.96. The van der Waals surface area contributed by atoms with Crippen LogP contribution in [0.1, 0.15) is 35.6 Å². The molecule has 4 aliphatic rings. The Morgan fingerprint density at radius 2 is 2.19 bits per heavy atom. The van der Waals surface area contributed by atoms with Crippen LogP contribution in [0.3, 0.4) is 0 Å². The van der Waals surface area contributed by atoms with E-state index < -0.39 is 17.4 Å². The number of hydrogen-bond acceptors (Lipinski definition) is 5. The third-order valence-corrected chi connectivity index (χ3v) is 6.45. The number of likely N-dealkylation sites (tertiary alicyclic amines) is 1. The molecule has 1 aliphatic carbocycles. The van der Waals surface area contributed by atoms with E-state index in [4.69, 9.17) is 4.74 Å². The first kappa shape index (κ1) is 16.9. The van der Waals surface area contributed by atoms with Crippen LogP contribution in [0.2, 0.25) is 0 Å². The average Bonchev–Trinajstić information content (AvgIpc) is 3.28. The second-order valence-corrected chi connectivity index (χ2v) is 8.17. The first-order valence-electron chi connectivity index (χ1n) is 9.74. The number of fused-ring (bicyclic) bond motifs is 2. The van der Waals surface area contributed by atoms with Crippen molar-refractivity contribution in [2.75, 3.05) is 13.6 Å². The maximum Gasteiger partial charge on any atom is 0.229 e. The quantitative estimate of drug-likeness (QED) is 0.794. The van der Waals surface area contributed by atoms with Gasteiger partial charge in [0.05, 0.1) is 31.0 Å². The summed E-state index contributed by atoms with van der Waals surface area (Å²) in [6.07, 6.45) is 7.93. The van der Waals surface area contributed by atoms with Crippen LogP contribution >= 0.6 is 0 Å². The molecule has 1 aromatic rings. The lowest BCUT2D eigenvalue weighted by molar-refractivity contribution is -0.136. The number of hydrogen-bond donors (Lipinski definition) is 1. The maximum absolute atomic E-state index is 12.9. The molecule has 0 unspecified atom stereocenters. The van der Waals surface area contributed by atoms with Crippen LogP contribution in [0, 0.1) is 18.8 Å². The highest BCUT2D eigenvalue weighted by Crippen LogP contribution is 2.51. The molecule has 2 bridgehead atoms. The fourth-order valence-corrected chi connectivity index (χ4v) is 5.20. The van der Waals surface area contributed by atoms with Crippen molar-refractivity contribution >= 4 is 11.8 Å². The topological polar surface area (TPSA) is 84.4 Å². The molecular formula is C20H24N4O3. The molecule has 3 aliphatic heterocycles. The molecule has 2 saturated heterocycles. The van der Waals surface area contributed by atoms with Gasteiger partial charge < -0.3 is 15.0 Å². The summed E-state index contributed by atoms with van der Waals surface area (Å²) in [5.74, 6) is -0.428. The van der Waals surface area contributed by atoms with Crippen LogP contribution in [-0.2, 0) is 33.7 Å². The fraction of sp³-hybridized carbons (Fsp3) is 0.600. The molecule has 7 heteroatoms. The largest absolute Gasteiger partial charge is 0.360 e. The number of aryl methyl sites for hydroxylation is 2. The minimum absolute atomic E-state index is 0.0112. The van der Waals surface area contributed by atoms with Crippen molar-refractivity contribution < 1.29 is 14.3 Å². The van der Waals surface area contributed by atoms with Gasteiger partial charge in [-0.2, -0.15) is 0 Å². The minimum Gasteiger partial charge on any atom is -0.360 e. The van der Waals surface area contributed by atoms with Gasteiger partial charge in [-0.15, -0.1) is 0 Å². The van der Waals surface area contributed by atoms with Gasteiger partial charge in [0.2, 0.25) is 11.8 Å². The van der Waals surface area contributed by atoms with Crippen molar-refractivity contribution in [1.29, 1.82) is 0 Å². The number of rotatable bonds is 3. The number of carbonyl (C=O) groups is 2. The third-order valence-electron chi connectivity index (χ3n) is 6.45. The van der Waals surface area contributed by atoms with Crippen molar-refractivity contribution in [2.45, 2.75) is 50.9 Å². The standard InChI is InChI=1S/C20H24N4O3/c1-11-12-5-3-4-6-13(12)23-15(22-11)9-21-18(25)16-14-7-8-20(27-14)10-24(2)19(26)17(16)20/h7-8,14,16-17H,3-6,9-10H2,1-2H3,(H,21,25)/t14-,16-,17+,20-/m0/s1. The van der Waals surface area contributed by atoms with E-state index in [9.17, 15) is 9.59 Å². The lowest BCUT2D eigenvalue weighted by Gasteiger charge is -2.23. The molecule has 2 fully saturated rings. The Balaban J connectivity index is 1.33. The van der Waals surface area contributed by atoms with Gasteiger partial charge in [0, 0.05) is 18.4 Å². The summed E-state index contributed by atoms with van der Waals surface area (Å²) >= 11 is 0. The molecule has 7 nitrogen and oxygen atoms in total. The molecule has 27 heavy (non-hydrogen) atoms. The third kappa shape index (κ3) is 2.44. The predicted molar refractivity (Wildman–Crippen MR) is 96.6 cm³/mol. The molecule has 142 valence electrons. The Kier molecular flexibility index (Phi) is 3.66. The van der Waals surface area contributed by atoms with Gasteiger partial charge in [0.15, 0.2) is 0 Å².